The van der Waals surface area contributed by atoms with Gasteiger partial charge in [0, 0.05) is 137 Å². The van der Waals surface area contributed by atoms with Crippen molar-refractivity contribution in [3.63, 3.8) is 0 Å². The van der Waals surface area contributed by atoms with Crippen LogP contribution >= 0.6 is 0 Å². The highest BCUT2D eigenvalue weighted by Crippen LogP contribution is 2.52. The van der Waals surface area contributed by atoms with Crippen LogP contribution in [0.5, 0.6) is 0 Å². The Morgan fingerprint density at radius 2 is 0.646 bits per heavy atom. The van der Waals surface area contributed by atoms with Crippen molar-refractivity contribution in [2.45, 2.75) is 78.1 Å². The largest absolute Gasteiger partial charge is 0.293 e. The first-order chi connectivity index (χ1) is 22.2. The van der Waals surface area contributed by atoms with Crippen LogP contribution < -0.4 is 0 Å². The van der Waals surface area contributed by atoms with Gasteiger partial charge in [0.25, 0.3) is 0 Å². The molecule has 0 amide bonds. The molecule has 0 heterocycles. The molecular weight excluding hydrogens is 592 g/mol. The third-order valence-electron chi connectivity index (χ3n) is 11.5. The maximum absolute atomic E-state index is 4.28. The van der Waals surface area contributed by atoms with Crippen molar-refractivity contribution in [2.75, 3.05) is 56.4 Å². The Morgan fingerprint density at radius 1 is 0.417 bits per heavy atom. The second-order valence-corrected chi connectivity index (χ2v) is 15.4. The van der Waals surface area contributed by atoms with Crippen LogP contribution in [0.4, 0.5) is 0 Å². The summed E-state index contributed by atoms with van der Waals surface area (Å²) in [5, 5.41) is 16.8. The van der Waals surface area contributed by atoms with Crippen LogP contribution in [-0.4, -0.2) is 96.5 Å². The Balaban J connectivity index is 0.000000261. The summed E-state index contributed by atoms with van der Waals surface area (Å²) in [5.41, 5.74) is 9.20. The summed E-state index contributed by atoms with van der Waals surface area (Å²) in [6.07, 6.45) is 11.3. The number of nitrogens with zero attached hydrogens (tertiary/aromatic N) is 8. The fourth-order valence-corrected chi connectivity index (χ4v) is 5.62. The van der Waals surface area contributed by atoms with E-state index in [-0.39, 0.29) is 10.8 Å². The lowest BCUT2D eigenvalue weighted by atomic mass is 10.1. The van der Waals surface area contributed by atoms with Crippen LogP contribution in [0.2, 0.25) is 0 Å². The Kier molecular flexibility index (Phi) is 12.0. The molecular formula is C40H68N8. The Labute approximate surface area is 294 Å². The second-order valence-electron chi connectivity index (χ2n) is 15.4. The topological polar surface area (TPSA) is 25.9 Å². The molecule has 268 valence electrons. The van der Waals surface area contributed by atoms with Gasteiger partial charge in [-0.05, 0) is 51.4 Å². The van der Waals surface area contributed by atoms with Crippen LogP contribution in [0.15, 0.2) is 98.2 Å². The first-order valence-electron chi connectivity index (χ1n) is 17.5. The molecule has 0 spiro atoms. The van der Waals surface area contributed by atoms with E-state index in [9.17, 15) is 0 Å². The first-order valence-corrected chi connectivity index (χ1v) is 17.5. The molecule has 4 aliphatic carbocycles. The molecule has 0 unspecified atom stereocenters. The summed E-state index contributed by atoms with van der Waals surface area (Å²) in [7, 11) is 16.4. The minimum atomic E-state index is 0.259. The highest BCUT2D eigenvalue weighted by Gasteiger charge is 2.43. The molecule has 8 nitrogen and oxygen atoms in total. The molecule has 0 bridgehead atoms. The smallest absolute Gasteiger partial charge is 0.0332 e. The molecule has 0 aromatic carbocycles. The van der Waals surface area contributed by atoms with E-state index in [1.807, 2.05) is 28.2 Å². The Morgan fingerprint density at radius 3 is 0.854 bits per heavy atom. The zero-order valence-electron chi connectivity index (χ0n) is 32.5. The fourth-order valence-electron chi connectivity index (χ4n) is 5.62. The predicted molar refractivity (Wildman–Crippen MR) is 205 cm³/mol. The van der Waals surface area contributed by atoms with Crippen LogP contribution in [0, 0.1) is 22.7 Å². The molecule has 0 aromatic rings. The van der Waals surface area contributed by atoms with Gasteiger partial charge in [-0.3, -0.25) is 40.1 Å². The van der Waals surface area contributed by atoms with Gasteiger partial charge < -0.3 is 0 Å². The normalized spacial score (nSPS) is 17.7. The predicted octanol–water partition coefficient (Wildman–Crippen LogP) is 8.40. The van der Waals surface area contributed by atoms with Gasteiger partial charge in [-0.2, -0.15) is 0 Å². The Bertz CT molecular complexity index is 1210. The van der Waals surface area contributed by atoms with Crippen molar-refractivity contribution in [3.8, 4) is 0 Å². The quantitative estimate of drug-likeness (QED) is 0.120. The van der Waals surface area contributed by atoms with E-state index >= 15 is 0 Å². The highest BCUT2D eigenvalue weighted by molar-refractivity contribution is 5.19. The molecule has 0 aliphatic heterocycles. The number of hydrazine groups is 4. The van der Waals surface area contributed by atoms with E-state index in [1.165, 1.54) is 62.8 Å². The molecule has 0 N–H and O–H groups in total. The number of hydrogen-bond acceptors (Lipinski definition) is 8. The molecule has 0 atom stereocenters. The van der Waals surface area contributed by atoms with E-state index < -0.39 is 0 Å². The second kappa shape index (κ2) is 14.8. The zero-order chi connectivity index (χ0) is 36.5. The van der Waals surface area contributed by atoms with Gasteiger partial charge in [0.05, 0.1) is 0 Å². The summed E-state index contributed by atoms with van der Waals surface area (Å²) in [4.78, 5) is 0. The molecule has 48 heavy (non-hydrogen) atoms. The molecule has 0 saturated heterocycles. The van der Waals surface area contributed by atoms with Crippen molar-refractivity contribution in [1.82, 2.24) is 40.1 Å². The number of allylic oxidation sites excluding steroid dienone is 4. The van der Waals surface area contributed by atoms with Crippen molar-refractivity contribution in [3.05, 3.63) is 98.2 Å². The van der Waals surface area contributed by atoms with Gasteiger partial charge in [-0.15, -0.1) is 0 Å². The van der Waals surface area contributed by atoms with Gasteiger partial charge in [-0.25, -0.2) is 0 Å². The lowest BCUT2D eigenvalue weighted by Gasteiger charge is -2.40. The van der Waals surface area contributed by atoms with Crippen molar-refractivity contribution in [2.24, 2.45) is 22.7 Å². The zero-order valence-corrected chi connectivity index (χ0v) is 32.5. The van der Waals surface area contributed by atoms with E-state index in [4.69, 9.17) is 0 Å². The third kappa shape index (κ3) is 9.26. The summed E-state index contributed by atoms with van der Waals surface area (Å²) in [6, 6.07) is 0. The maximum atomic E-state index is 4.28. The molecule has 8 heteroatoms. The van der Waals surface area contributed by atoms with Gasteiger partial charge in [0.2, 0.25) is 0 Å². The molecule has 0 radical (unpaired) electrons. The number of hydrogen-bond donors (Lipinski definition) is 0. The third-order valence-corrected chi connectivity index (χ3v) is 11.5. The minimum Gasteiger partial charge on any atom is -0.293 e. The lowest BCUT2D eigenvalue weighted by molar-refractivity contribution is 0.0708. The highest BCUT2D eigenvalue weighted by atomic mass is 15.6. The summed E-state index contributed by atoms with van der Waals surface area (Å²) in [5.74, 6) is 1.29. The summed E-state index contributed by atoms with van der Waals surface area (Å²) >= 11 is 0. The average molecular weight is 661 g/mol. The SMILES string of the molecule is C=C(CC(=C)N(C)N(C)C(=C)C1(C)CC1)N(C)N(C)C(=C)C1(C)CC1.C=C(CC(=C)N(C)N(C)C(=C)C1CC1)N(C)N(C)C(=C)C1CC1. The number of rotatable bonds is 20. The molecule has 4 fully saturated rings. The minimum absolute atomic E-state index is 0.259. The molecule has 4 saturated carbocycles. The average Bonchev–Trinajstić information content (AvgIpc) is 3.87. The summed E-state index contributed by atoms with van der Waals surface area (Å²) in [6.45, 7) is 38.5. The van der Waals surface area contributed by atoms with Crippen LogP contribution in [0.25, 0.3) is 0 Å². The Hall–Kier alpha value is -3.68. The van der Waals surface area contributed by atoms with Crippen molar-refractivity contribution in [1.29, 1.82) is 0 Å². The van der Waals surface area contributed by atoms with Crippen LogP contribution in [-0.2, 0) is 0 Å². The van der Waals surface area contributed by atoms with E-state index in [2.05, 4.69) is 135 Å². The van der Waals surface area contributed by atoms with Gasteiger partial charge in [-0.1, -0.05) is 66.5 Å². The molecule has 0 aromatic heterocycles. The van der Waals surface area contributed by atoms with Gasteiger partial charge in [0.15, 0.2) is 0 Å². The standard InChI is InChI=1S/C21H36N4.C19H32N4/c1-16(22(7)24(9)18(3)20(5)11-12-20)15-17(2)23(8)25(10)19(4)21(6)13-14-21;1-14(20(5)22(7)16(3)18-9-10-18)13-15(2)21(6)23(8)17(4)19-11-12-19/h1-4,11-15H2,5-10H3;18-19H,1-4,9-13H2,5-8H3. The van der Waals surface area contributed by atoms with Crippen LogP contribution in [0.3, 0.4) is 0 Å². The fraction of sp³-hybridized carbons (Fsp3) is 0.600. The van der Waals surface area contributed by atoms with Gasteiger partial charge >= 0.3 is 0 Å². The van der Waals surface area contributed by atoms with E-state index in [0.717, 1.165) is 40.6 Å². The van der Waals surface area contributed by atoms with Crippen LogP contribution in [0.1, 0.15) is 78.1 Å². The van der Waals surface area contributed by atoms with E-state index in [1.54, 1.807) is 0 Å². The molecule has 4 aliphatic rings. The van der Waals surface area contributed by atoms with E-state index in [0.29, 0.717) is 18.3 Å². The lowest BCUT2D eigenvalue weighted by Crippen LogP contribution is -2.39. The maximum Gasteiger partial charge on any atom is 0.0332 e. The monoisotopic (exact) mass is 661 g/mol. The first kappa shape index (κ1) is 38.8. The van der Waals surface area contributed by atoms with Crippen molar-refractivity contribution >= 4 is 0 Å². The molecule has 4 rings (SSSR count). The summed E-state index contributed by atoms with van der Waals surface area (Å²) < 4.78 is 0. The van der Waals surface area contributed by atoms with Crippen molar-refractivity contribution < 1.29 is 0 Å². The van der Waals surface area contributed by atoms with Gasteiger partial charge in [0.1, 0.15) is 0 Å².